The Labute approximate surface area is 113 Å². The van der Waals surface area contributed by atoms with Crippen LogP contribution in [0.1, 0.15) is 4.88 Å². The zero-order valence-corrected chi connectivity index (χ0v) is 11.1. The molecule has 0 N–H and O–H groups in total. The molecule has 0 saturated heterocycles. The summed E-state index contributed by atoms with van der Waals surface area (Å²) in [7, 11) is 0. The molecular formula is C13H9ClN2OS. The largest absolute Gasteiger partial charge is 0.443 e. The van der Waals surface area contributed by atoms with Gasteiger partial charge in [0.2, 0.25) is 0 Å². The molecule has 2 heterocycles. The van der Waals surface area contributed by atoms with E-state index in [0.29, 0.717) is 10.9 Å². The molecule has 0 aliphatic rings. The summed E-state index contributed by atoms with van der Waals surface area (Å²) in [4.78, 5) is 9.79. The molecule has 5 heteroatoms. The van der Waals surface area contributed by atoms with Crippen LogP contribution in [0.2, 0.25) is 5.02 Å². The predicted molar refractivity (Wildman–Crippen MR) is 72.8 cm³/mol. The van der Waals surface area contributed by atoms with Crippen molar-refractivity contribution in [2.75, 3.05) is 0 Å². The topological polar surface area (TPSA) is 38.9 Å². The summed E-state index contributed by atoms with van der Waals surface area (Å²) >= 11 is 7.56. The minimum absolute atomic E-state index is 0.552. The van der Waals surface area contributed by atoms with E-state index in [4.69, 9.17) is 16.0 Å². The Bertz CT molecular complexity index is 676. The molecule has 0 saturated carbocycles. The van der Waals surface area contributed by atoms with E-state index in [1.165, 1.54) is 0 Å². The van der Waals surface area contributed by atoms with E-state index in [1.807, 2.05) is 31.2 Å². The van der Waals surface area contributed by atoms with Crippen LogP contribution in [0.3, 0.4) is 0 Å². The number of oxazole rings is 1. The van der Waals surface area contributed by atoms with E-state index < -0.39 is 0 Å². The van der Waals surface area contributed by atoms with Gasteiger partial charge in [0.15, 0.2) is 5.01 Å². The van der Waals surface area contributed by atoms with Gasteiger partial charge in [-0.05, 0) is 19.1 Å². The van der Waals surface area contributed by atoms with Crippen molar-refractivity contribution in [3.05, 3.63) is 46.6 Å². The molecule has 0 amide bonds. The molecule has 18 heavy (non-hydrogen) atoms. The lowest BCUT2D eigenvalue weighted by Gasteiger charge is -1.98. The van der Waals surface area contributed by atoms with E-state index in [0.717, 1.165) is 21.1 Å². The number of rotatable bonds is 2. The summed E-state index contributed by atoms with van der Waals surface area (Å²) in [6, 6.07) is 7.67. The minimum Gasteiger partial charge on any atom is -0.443 e. The lowest BCUT2D eigenvalue weighted by atomic mass is 10.1. The molecule has 1 aromatic carbocycles. The van der Waals surface area contributed by atoms with Crippen molar-refractivity contribution >= 4 is 22.9 Å². The van der Waals surface area contributed by atoms with E-state index in [1.54, 1.807) is 23.8 Å². The first-order valence-corrected chi connectivity index (χ1v) is 6.57. The standard InChI is InChI=1S/C13H9ClN2OS/c1-8-11(9-3-2-4-10(14)7-9)16-13(18-8)12-15-5-6-17-12/h2-7H,1H3. The molecule has 0 aliphatic carbocycles. The fraction of sp³-hybridized carbons (Fsp3) is 0.0769. The second kappa shape index (κ2) is 4.55. The Morgan fingerprint density at radius 2 is 2.22 bits per heavy atom. The Morgan fingerprint density at radius 1 is 1.33 bits per heavy atom. The van der Waals surface area contributed by atoms with Crippen molar-refractivity contribution in [3.8, 4) is 22.2 Å². The monoisotopic (exact) mass is 276 g/mol. The molecular weight excluding hydrogens is 268 g/mol. The molecule has 0 unspecified atom stereocenters. The van der Waals surface area contributed by atoms with Gasteiger partial charge in [-0.15, -0.1) is 11.3 Å². The van der Waals surface area contributed by atoms with Crippen LogP contribution in [0, 0.1) is 6.92 Å². The smallest absolute Gasteiger partial charge is 0.255 e. The fourth-order valence-electron chi connectivity index (χ4n) is 1.72. The first-order chi connectivity index (χ1) is 8.74. The van der Waals surface area contributed by atoms with Crippen LogP contribution >= 0.6 is 22.9 Å². The molecule has 0 spiro atoms. The lowest BCUT2D eigenvalue weighted by molar-refractivity contribution is 0.574. The number of nitrogens with zero attached hydrogens (tertiary/aromatic N) is 2. The summed E-state index contributed by atoms with van der Waals surface area (Å²) in [5.41, 5.74) is 1.93. The molecule has 0 fully saturated rings. The molecule has 3 aromatic rings. The first kappa shape index (κ1) is 11.4. The van der Waals surface area contributed by atoms with Gasteiger partial charge in [0.25, 0.3) is 5.89 Å². The van der Waals surface area contributed by atoms with Crippen LogP contribution in [0.5, 0.6) is 0 Å². The number of hydrogen-bond acceptors (Lipinski definition) is 4. The summed E-state index contributed by atoms with van der Waals surface area (Å²) < 4.78 is 5.26. The number of thiazole rings is 1. The molecule has 0 radical (unpaired) electrons. The number of benzene rings is 1. The Kier molecular flexibility index (Phi) is 2.89. The third-order valence-corrected chi connectivity index (χ3v) is 3.70. The highest BCUT2D eigenvalue weighted by atomic mass is 35.5. The number of aromatic nitrogens is 2. The van der Waals surface area contributed by atoms with Crippen molar-refractivity contribution in [1.82, 2.24) is 9.97 Å². The van der Waals surface area contributed by atoms with E-state index in [2.05, 4.69) is 9.97 Å². The van der Waals surface area contributed by atoms with Gasteiger partial charge in [0, 0.05) is 15.5 Å². The van der Waals surface area contributed by atoms with Gasteiger partial charge in [-0.1, -0.05) is 23.7 Å². The van der Waals surface area contributed by atoms with Crippen molar-refractivity contribution in [2.24, 2.45) is 0 Å². The molecule has 2 aromatic heterocycles. The van der Waals surface area contributed by atoms with Crippen LogP contribution in [-0.4, -0.2) is 9.97 Å². The predicted octanol–water partition coefficient (Wildman–Crippen LogP) is 4.43. The zero-order valence-electron chi connectivity index (χ0n) is 9.55. The van der Waals surface area contributed by atoms with Gasteiger partial charge in [-0.25, -0.2) is 9.97 Å². The molecule has 3 rings (SSSR count). The maximum Gasteiger partial charge on any atom is 0.255 e. The van der Waals surface area contributed by atoms with Crippen LogP contribution in [0.4, 0.5) is 0 Å². The van der Waals surface area contributed by atoms with Gasteiger partial charge in [0.05, 0.1) is 11.9 Å². The number of aryl methyl sites for hydroxylation is 1. The van der Waals surface area contributed by atoms with Crippen LogP contribution < -0.4 is 0 Å². The lowest BCUT2D eigenvalue weighted by Crippen LogP contribution is -1.81. The van der Waals surface area contributed by atoms with E-state index >= 15 is 0 Å². The van der Waals surface area contributed by atoms with E-state index in [-0.39, 0.29) is 0 Å². The maximum absolute atomic E-state index is 6.00. The Morgan fingerprint density at radius 3 is 2.94 bits per heavy atom. The third-order valence-electron chi connectivity index (χ3n) is 2.51. The minimum atomic E-state index is 0.552. The molecule has 0 atom stereocenters. The maximum atomic E-state index is 6.00. The summed E-state index contributed by atoms with van der Waals surface area (Å²) in [5.74, 6) is 0.552. The van der Waals surface area contributed by atoms with Crippen LogP contribution in [0.25, 0.3) is 22.2 Å². The van der Waals surface area contributed by atoms with E-state index in [9.17, 15) is 0 Å². The average molecular weight is 277 g/mol. The van der Waals surface area contributed by atoms with Gasteiger partial charge >= 0.3 is 0 Å². The molecule has 3 nitrogen and oxygen atoms in total. The van der Waals surface area contributed by atoms with Crippen molar-refractivity contribution in [2.45, 2.75) is 6.92 Å². The number of halogens is 1. The highest BCUT2D eigenvalue weighted by molar-refractivity contribution is 7.15. The van der Waals surface area contributed by atoms with Gasteiger partial charge in [-0.3, -0.25) is 0 Å². The van der Waals surface area contributed by atoms with Gasteiger partial charge < -0.3 is 4.42 Å². The summed E-state index contributed by atoms with van der Waals surface area (Å²) in [5, 5.41) is 1.49. The average Bonchev–Trinajstić information content (AvgIpc) is 2.97. The van der Waals surface area contributed by atoms with Gasteiger partial charge in [-0.2, -0.15) is 0 Å². The van der Waals surface area contributed by atoms with Crippen LogP contribution in [0.15, 0.2) is 41.1 Å². The molecule has 0 aliphatic heterocycles. The fourth-order valence-corrected chi connectivity index (χ4v) is 2.79. The Hall–Kier alpha value is -1.65. The van der Waals surface area contributed by atoms with Crippen LogP contribution in [-0.2, 0) is 0 Å². The Balaban J connectivity index is 2.09. The molecule has 90 valence electrons. The summed E-state index contributed by atoms with van der Waals surface area (Å²) in [6.07, 6.45) is 3.16. The second-order valence-corrected chi connectivity index (χ2v) is 5.41. The highest BCUT2D eigenvalue weighted by Gasteiger charge is 2.14. The SMILES string of the molecule is Cc1sc(-c2ncco2)nc1-c1cccc(Cl)c1. The quantitative estimate of drug-likeness (QED) is 0.695. The second-order valence-electron chi connectivity index (χ2n) is 3.77. The first-order valence-electron chi connectivity index (χ1n) is 5.37. The highest BCUT2D eigenvalue weighted by Crippen LogP contribution is 2.33. The van der Waals surface area contributed by atoms with Crippen molar-refractivity contribution < 1.29 is 4.42 Å². The van der Waals surface area contributed by atoms with Crippen molar-refractivity contribution in [3.63, 3.8) is 0 Å². The number of hydrogen-bond donors (Lipinski definition) is 0. The van der Waals surface area contributed by atoms with Crippen molar-refractivity contribution in [1.29, 1.82) is 0 Å². The third kappa shape index (κ3) is 2.05. The summed E-state index contributed by atoms with van der Waals surface area (Å²) in [6.45, 7) is 2.03. The zero-order chi connectivity index (χ0) is 12.5. The normalized spacial score (nSPS) is 10.8. The van der Waals surface area contributed by atoms with Gasteiger partial charge in [0.1, 0.15) is 6.26 Å². The molecule has 0 bridgehead atoms.